The average molecular weight is 346 g/mol. The van der Waals surface area contributed by atoms with E-state index in [1.165, 1.54) is 5.56 Å². The van der Waals surface area contributed by atoms with Gasteiger partial charge in [-0.15, -0.1) is 0 Å². The third-order valence-electron chi connectivity index (χ3n) is 4.10. The fourth-order valence-electron chi connectivity index (χ4n) is 2.63. The van der Waals surface area contributed by atoms with E-state index in [0.29, 0.717) is 17.0 Å². The molecule has 0 saturated heterocycles. The van der Waals surface area contributed by atoms with Gasteiger partial charge < -0.3 is 10.1 Å². The number of rotatable bonds is 5. The van der Waals surface area contributed by atoms with Gasteiger partial charge in [-0.25, -0.2) is 0 Å². The Hall–Kier alpha value is -3.14. The number of hydrogen-bond acceptors (Lipinski definition) is 3. The molecule has 4 nitrogen and oxygen atoms in total. The molecular weight excluding hydrogens is 324 g/mol. The van der Waals surface area contributed by atoms with E-state index in [-0.39, 0.29) is 5.91 Å². The topological polar surface area (TPSA) is 51.2 Å². The van der Waals surface area contributed by atoms with E-state index in [2.05, 4.69) is 10.3 Å². The van der Waals surface area contributed by atoms with E-state index < -0.39 is 0 Å². The van der Waals surface area contributed by atoms with E-state index in [1.807, 2.05) is 75.4 Å². The van der Waals surface area contributed by atoms with E-state index in [4.69, 9.17) is 4.74 Å². The van der Waals surface area contributed by atoms with Crippen LogP contribution >= 0.6 is 0 Å². The van der Waals surface area contributed by atoms with E-state index in [0.717, 1.165) is 23.6 Å². The number of benzene rings is 2. The predicted molar refractivity (Wildman–Crippen MR) is 104 cm³/mol. The first kappa shape index (κ1) is 17.7. The fraction of sp³-hybridized carbons (Fsp3) is 0.182. The van der Waals surface area contributed by atoms with Crippen LogP contribution in [0.1, 0.15) is 34.2 Å². The predicted octanol–water partition coefficient (Wildman–Crippen LogP) is 5.31. The Morgan fingerprint density at radius 1 is 1.00 bits per heavy atom. The van der Waals surface area contributed by atoms with Gasteiger partial charge in [-0.3, -0.25) is 9.78 Å². The van der Waals surface area contributed by atoms with Crippen molar-refractivity contribution in [3.05, 3.63) is 83.2 Å². The molecule has 0 aliphatic heterocycles. The summed E-state index contributed by atoms with van der Waals surface area (Å²) in [6.45, 7) is 5.93. The Morgan fingerprint density at radius 3 is 2.46 bits per heavy atom. The van der Waals surface area contributed by atoms with E-state index in [9.17, 15) is 4.79 Å². The van der Waals surface area contributed by atoms with Gasteiger partial charge in [0.2, 0.25) is 0 Å². The molecule has 0 unspecified atom stereocenters. The van der Waals surface area contributed by atoms with Crippen LogP contribution in [0.3, 0.4) is 0 Å². The van der Waals surface area contributed by atoms with Gasteiger partial charge in [0.05, 0.1) is 11.3 Å². The van der Waals surface area contributed by atoms with Crippen molar-refractivity contribution in [3.8, 4) is 11.5 Å². The monoisotopic (exact) mass is 346 g/mol. The number of carbonyl (C=O) groups is 1. The van der Waals surface area contributed by atoms with Crippen LogP contribution in [0, 0.1) is 13.8 Å². The molecule has 1 N–H and O–H groups in total. The summed E-state index contributed by atoms with van der Waals surface area (Å²) < 4.78 is 5.85. The lowest BCUT2D eigenvalue weighted by Crippen LogP contribution is -2.14. The van der Waals surface area contributed by atoms with Gasteiger partial charge >= 0.3 is 0 Å². The van der Waals surface area contributed by atoms with Crippen LogP contribution in [0.2, 0.25) is 0 Å². The highest BCUT2D eigenvalue weighted by Gasteiger charge is 2.11. The van der Waals surface area contributed by atoms with Gasteiger partial charge in [-0.2, -0.15) is 0 Å². The Kier molecular flexibility index (Phi) is 5.32. The van der Waals surface area contributed by atoms with Crippen molar-refractivity contribution in [3.63, 3.8) is 0 Å². The van der Waals surface area contributed by atoms with Gasteiger partial charge in [0.15, 0.2) is 0 Å². The molecule has 132 valence electrons. The van der Waals surface area contributed by atoms with E-state index >= 15 is 0 Å². The number of aryl methyl sites for hydroxylation is 3. The zero-order valence-corrected chi connectivity index (χ0v) is 15.2. The number of nitrogens with zero attached hydrogens (tertiary/aromatic N) is 1. The second-order valence-electron chi connectivity index (χ2n) is 6.19. The highest BCUT2D eigenvalue weighted by atomic mass is 16.5. The van der Waals surface area contributed by atoms with Gasteiger partial charge in [0, 0.05) is 17.4 Å². The minimum absolute atomic E-state index is 0.176. The maximum atomic E-state index is 12.5. The molecule has 0 saturated carbocycles. The zero-order chi connectivity index (χ0) is 18.5. The largest absolute Gasteiger partial charge is 0.457 e. The summed E-state index contributed by atoms with van der Waals surface area (Å²) in [6.07, 6.45) is 0.848. The summed E-state index contributed by atoms with van der Waals surface area (Å²) in [6, 6.07) is 18.9. The molecule has 0 aliphatic carbocycles. The van der Waals surface area contributed by atoms with Crippen LogP contribution in [0.15, 0.2) is 60.7 Å². The lowest BCUT2D eigenvalue weighted by molar-refractivity contribution is 0.102. The summed E-state index contributed by atoms with van der Waals surface area (Å²) in [5.74, 6) is 1.25. The van der Waals surface area contributed by atoms with Crippen molar-refractivity contribution in [2.75, 3.05) is 5.32 Å². The van der Waals surface area contributed by atoms with Gasteiger partial charge in [0.1, 0.15) is 11.5 Å². The molecule has 2 aromatic carbocycles. The number of carbonyl (C=O) groups excluding carboxylic acids is 1. The van der Waals surface area contributed by atoms with Crippen LogP contribution in [0.5, 0.6) is 11.5 Å². The van der Waals surface area contributed by atoms with Crippen molar-refractivity contribution in [1.82, 2.24) is 4.98 Å². The summed E-state index contributed by atoms with van der Waals surface area (Å²) in [5, 5.41) is 2.91. The second-order valence-corrected chi connectivity index (χ2v) is 6.19. The zero-order valence-electron chi connectivity index (χ0n) is 15.2. The highest BCUT2D eigenvalue weighted by Crippen LogP contribution is 2.24. The number of anilines is 1. The molecule has 0 bridgehead atoms. The molecule has 0 radical (unpaired) electrons. The summed E-state index contributed by atoms with van der Waals surface area (Å²) in [7, 11) is 0. The first-order chi connectivity index (χ1) is 12.5. The number of ether oxygens (including phenoxy) is 1. The quantitative estimate of drug-likeness (QED) is 0.681. The third-order valence-corrected chi connectivity index (χ3v) is 4.10. The summed E-state index contributed by atoms with van der Waals surface area (Å²) in [5.41, 5.74) is 4.14. The Balaban J connectivity index is 1.74. The molecule has 0 fully saturated rings. The van der Waals surface area contributed by atoms with Crippen LogP contribution in [-0.2, 0) is 6.42 Å². The first-order valence-corrected chi connectivity index (χ1v) is 8.67. The normalized spacial score (nSPS) is 10.4. The molecular formula is C22H22N2O2. The lowest BCUT2D eigenvalue weighted by Gasteiger charge is -2.10. The van der Waals surface area contributed by atoms with Crippen LogP contribution in [0.4, 0.5) is 5.69 Å². The molecule has 26 heavy (non-hydrogen) atoms. The van der Waals surface area contributed by atoms with Crippen molar-refractivity contribution in [2.24, 2.45) is 0 Å². The van der Waals surface area contributed by atoms with Crippen molar-refractivity contribution < 1.29 is 9.53 Å². The molecule has 0 spiro atoms. The summed E-state index contributed by atoms with van der Waals surface area (Å²) >= 11 is 0. The maximum Gasteiger partial charge on any atom is 0.257 e. The number of pyridine rings is 1. The molecule has 3 aromatic rings. The van der Waals surface area contributed by atoms with Gasteiger partial charge in [-0.05, 0) is 56.7 Å². The highest BCUT2D eigenvalue weighted by molar-refractivity contribution is 6.05. The molecule has 1 heterocycles. The van der Waals surface area contributed by atoms with Crippen molar-refractivity contribution in [2.45, 2.75) is 27.2 Å². The smallest absolute Gasteiger partial charge is 0.257 e. The van der Waals surface area contributed by atoms with Gasteiger partial charge in [0.25, 0.3) is 5.91 Å². The maximum absolute atomic E-state index is 12.5. The number of hydrogen-bond donors (Lipinski definition) is 1. The summed E-state index contributed by atoms with van der Waals surface area (Å²) in [4.78, 5) is 17.0. The fourth-order valence-corrected chi connectivity index (χ4v) is 2.63. The molecule has 4 heteroatoms. The Bertz CT molecular complexity index is 918. The van der Waals surface area contributed by atoms with Gasteiger partial charge in [-0.1, -0.05) is 30.7 Å². The molecule has 0 atom stereocenters. The van der Waals surface area contributed by atoms with Crippen LogP contribution < -0.4 is 10.1 Å². The van der Waals surface area contributed by atoms with Crippen LogP contribution in [0.25, 0.3) is 0 Å². The lowest BCUT2D eigenvalue weighted by atomic mass is 10.1. The standard InChI is InChI=1S/C22H22N2O2/c1-4-17-10-13-21(16(3)23-17)22(25)24-18-6-5-7-20(14-18)26-19-11-8-15(2)9-12-19/h5-14H,4H2,1-3H3,(H,24,25). The Morgan fingerprint density at radius 2 is 1.77 bits per heavy atom. The number of amides is 1. The van der Waals surface area contributed by atoms with Crippen molar-refractivity contribution in [1.29, 1.82) is 0 Å². The first-order valence-electron chi connectivity index (χ1n) is 8.67. The molecule has 1 amide bonds. The minimum Gasteiger partial charge on any atom is -0.457 e. The average Bonchev–Trinajstić information content (AvgIpc) is 2.63. The van der Waals surface area contributed by atoms with Crippen molar-refractivity contribution >= 4 is 11.6 Å². The SMILES string of the molecule is CCc1ccc(C(=O)Nc2cccc(Oc3ccc(C)cc3)c2)c(C)n1. The minimum atomic E-state index is -0.176. The molecule has 3 rings (SSSR count). The number of nitrogens with one attached hydrogen (secondary N) is 1. The number of aromatic nitrogens is 1. The molecule has 1 aromatic heterocycles. The van der Waals surface area contributed by atoms with E-state index in [1.54, 1.807) is 6.07 Å². The third kappa shape index (κ3) is 4.28. The van der Waals surface area contributed by atoms with Crippen LogP contribution in [-0.4, -0.2) is 10.9 Å². The molecule has 0 aliphatic rings. The Labute approximate surface area is 153 Å². The second kappa shape index (κ2) is 7.83.